The Kier molecular flexibility index (Phi) is 8.66. The van der Waals surface area contributed by atoms with Crippen LogP contribution in [0.5, 0.6) is 17.2 Å². The first-order chi connectivity index (χ1) is 18.1. The number of rotatable bonds is 10. The van der Waals surface area contributed by atoms with Gasteiger partial charge in [-0.1, -0.05) is 66.7 Å². The third kappa shape index (κ3) is 6.82. The lowest BCUT2D eigenvalue weighted by atomic mass is 10.1. The molecule has 1 unspecified atom stereocenters. The van der Waals surface area contributed by atoms with E-state index in [1.54, 1.807) is 14.2 Å². The second-order valence-corrected chi connectivity index (χ2v) is 8.63. The van der Waals surface area contributed by atoms with Crippen molar-refractivity contribution in [3.8, 4) is 17.2 Å². The maximum atomic E-state index is 13.5. The van der Waals surface area contributed by atoms with Gasteiger partial charge in [-0.3, -0.25) is 0 Å². The average molecular weight is 497 g/mol. The maximum absolute atomic E-state index is 13.5. The van der Waals surface area contributed by atoms with E-state index in [0.717, 1.165) is 22.4 Å². The van der Waals surface area contributed by atoms with Crippen molar-refractivity contribution in [2.24, 2.45) is 0 Å². The van der Waals surface area contributed by atoms with E-state index in [-0.39, 0.29) is 12.1 Å². The molecule has 0 aliphatic rings. The monoisotopic (exact) mass is 496 g/mol. The molecule has 4 aromatic rings. The number of ether oxygens (including phenoxy) is 3. The minimum atomic E-state index is -0.205. The van der Waals surface area contributed by atoms with Gasteiger partial charge in [-0.15, -0.1) is 0 Å². The summed E-state index contributed by atoms with van der Waals surface area (Å²) in [6, 6.07) is 32.6. The first-order valence-electron chi connectivity index (χ1n) is 12.2. The van der Waals surface area contributed by atoms with Crippen molar-refractivity contribution in [2.75, 3.05) is 19.5 Å². The highest BCUT2D eigenvalue weighted by Crippen LogP contribution is 2.31. The van der Waals surface area contributed by atoms with Crippen LogP contribution in [0.25, 0.3) is 0 Å². The van der Waals surface area contributed by atoms with Crippen molar-refractivity contribution in [3.63, 3.8) is 0 Å². The molecular weight excluding hydrogens is 464 g/mol. The molecule has 0 aliphatic carbocycles. The first-order valence-corrected chi connectivity index (χ1v) is 12.2. The standard InChI is InChI=1S/C31H32N2O4/c1-23(26-12-8-5-9-13-26)33(31(34)32-27-15-17-28(35-2)18-16-27)21-25-14-19-29(36-3)30(20-25)37-22-24-10-6-4-7-11-24/h4-20,23H,21-22H2,1-3H3,(H,32,34). The molecule has 0 bridgehead atoms. The zero-order valence-electron chi connectivity index (χ0n) is 21.4. The van der Waals surface area contributed by atoms with E-state index in [1.807, 2.05) is 115 Å². The number of carbonyl (C=O) groups excluding carboxylic acids is 1. The molecule has 0 saturated carbocycles. The summed E-state index contributed by atoms with van der Waals surface area (Å²) in [5.74, 6) is 2.01. The van der Waals surface area contributed by atoms with Gasteiger partial charge >= 0.3 is 6.03 Å². The van der Waals surface area contributed by atoms with E-state index in [9.17, 15) is 4.79 Å². The number of nitrogens with zero attached hydrogens (tertiary/aromatic N) is 1. The number of anilines is 1. The largest absolute Gasteiger partial charge is 0.497 e. The van der Waals surface area contributed by atoms with Crippen molar-refractivity contribution in [1.29, 1.82) is 0 Å². The molecule has 1 atom stereocenters. The number of hydrogen-bond acceptors (Lipinski definition) is 4. The van der Waals surface area contributed by atoms with Crippen LogP contribution in [0.15, 0.2) is 103 Å². The van der Waals surface area contributed by atoms with E-state index in [4.69, 9.17) is 14.2 Å². The SMILES string of the molecule is COc1ccc(NC(=O)N(Cc2ccc(OC)c(OCc3ccccc3)c2)C(C)c2ccccc2)cc1. The predicted octanol–water partition coefficient (Wildman–Crippen LogP) is 7.08. The van der Waals surface area contributed by atoms with Crippen molar-refractivity contribution in [3.05, 3.63) is 120 Å². The summed E-state index contributed by atoms with van der Waals surface area (Å²) in [4.78, 5) is 15.3. The van der Waals surface area contributed by atoms with Crippen LogP contribution in [0.4, 0.5) is 10.5 Å². The molecule has 0 spiro atoms. The zero-order valence-corrected chi connectivity index (χ0v) is 21.4. The normalized spacial score (nSPS) is 11.3. The van der Waals surface area contributed by atoms with Crippen LogP contribution in [-0.4, -0.2) is 25.2 Å². The summed E-state index contributed by atoms with van der Waals surface area (Å²) in [7, 11) is 3.24. The van der Waals surface area contributed by atoms with Gasteiger partial charge in [0.1, 0.15) is 12.4 Å². The fraction of sp³-hybridized carbons (Fsp3) is 0.194. The number of nitrogens with one attached hydrogen (secondary N) is 1. The molecule has 4 aromatic carbocycles. The van der Waals surface area contributed by atoms with Gasteiger partial charge in [-0.2, -0.15) is 0 Å². The lowest BCUT2D eigenvalue weighted by molar-refractivity contribution is 0.189. The summed E-state index contributed by atoms with van der Waals surface area (Å²) in [5, 5.41) is 3.02. The molecule has 2 amide bonds. The molecule has 0 radical (unpaired) electrons. The third-order valence-corrected chi connectivity index (χ3v) is 6.17. The lowest BCUT2D eigenvalue weighted by Gasteiger charge is -2.30. The van der Waals surface area contributed by atoms with Gasteiger partial charge in [0.25, 0.3) is 0 Å². The van der Waals surface area contributed by atoms with Crippen LogP contribution in [0.2, 0.25) is 0 Å². The topological polar surface area (TPSA) is 60.0 Å². The van der Waals surface area contributed by atoms with E-state index >= 15 is 0 Å². The smallest absolute Gasteiger partial charge is 0.322 e. The van der Waals surface area contributed by atoms with Gasteiger partial charge in [0.15, 0.2) is 11.5 Å². The molecule has 6 nitrogen and oxygen atoms in total. The fourth-order valence-electron chi connectivity index (χ4n) is 4.03. The lowest BCUT2D eigenvalue weighted by Crippen LogP contribution is -2.36. The van der Waals surface area contributed by atoms with Crippen LogP contribution < -0.4 is 19.5 Å². The van der Waals surface area contributed by atoms with Crippen LogP contribution >= 0.6 is 0 Å². The Morgan fingerprint density at radius 2 is 1.46 bits per heavy atom. The minimum Gasteiger partial charge on any atom is -0.497 e. The van der Waals surface area contributed by atoms with Gasteiger partial charge in [0.2, 0.25) is 0 Å². The summed E-state index contributed by atoms with van der Waals surface area (Å²) < 4.78 is 16.9. The quantitative estimate of drug-likeness (QED) is 0.255. The highest BCUT2D eigenvalue weighted by molar-refractivity contribution is 5.89. The highest BCUT2D eigenvalue weighted by Gasteiger charge is 2.23. The second-order valence-electron chi connectivity index (χ2n) is 8.63. The number of urea groups is 1. The molecule has 0 saturated heterocycles. The molecule has 4 rings (SSSR count). The van der Waals surface area contributed by atoms with Crippen LogP contribution in [0, 0.1) is 0 Å². The summed E-state index contributed by atoms with van der Waals surface area (Å²) in [6.45, 7) is 2.83. The molecule has 0 aliphatic heterocycles. The van der Waals surface area contributed by atoms with Gasteiger partial charge in [0, 0.05) is 12.2 Å². The summed E-state index contributed by atoms with van der Waals surface area (Å²) >= 11 is 0. The Hall–Kier alpha value is -4.45. The molecule has 37 heavy (non-hydrogen) atoms. The number of benzene rings is 4. The zero-order chi connectivity index (χ0) is 26.0. The molecule has 6 heteroatoms. The van der Waals surface area contributed by atoms with Crippen molar-refractivity contribution in [2.45, 2.75) is 26.1 Å². The molecule has 0 aromatic heterocycles. The minimum absolute atomic E-state index is 0.171. The summed E-state index contributed by atoms with van der Waals surface area (Å²) in [6.07, 6.45) is 0. The average Bonchev–Trinajstić information content (AvgIpc) is 2.96. The van der Waals surface area contributed by atoms with Crippen molar-refractivity contribution < 1.29 is 19.0 Å². The Morgan fingerprint density at radius 1 is 0.784 bits per heavy atom. The van der Waals surface area contributed by atoms with Crippen LogP contribution in [0.1, 0.15) is 29.7 Å². The number of amides is 2. The van der Waals surface area contributed by atoms with Crippen LogP contribution in [0.3, 0.4) is 0 Å². The maximum Gasteiger partial charge on any atom is 0.322 e. The van der Waals surface area contributed by atoms with Gasteiger partial charge in [-0.05, 0) is 60.0 Å². The molecule has 0 fully saturated rings. The Bertz CT molecular complexity index is 1280. The van der Waals surface area contributed by atoms with Crippen LogP contribution in [-0.2, 0) is 13.2 Å². The van der Waals surface area contributed by atoms with Gasteiger partial charge in [0.05, 0.1) is 20.3 Å². The molecule has 190 valence electrons. The first kappa shape index (κ1) is 25.6. The second kappa shape index (κ2) is 12.5. The van der Waals surface area contributed by atoms with Gasteiger partial charge < -0.3 is 24.4 Å². The van der Waals surface area contributed by atoms with E-state index < -0.39 is 0 Å². The van der Waals surface area contributed by atoms with Crippen molar-refractivity contribution >= 4 is 11.7 Å². The number of methoxy groups -OCH3 is 2. The third-order valence-electron chi connectivity index (χ3n) is 6.17. The molecule has 0 heterocycles. The Balaban J connectivity index is 1.57. The highest BCUT2D eigenvalue weighted by atomic mass is 16.5. The number of hydrogen-bond donors (Lipinski definition) is 1. The predicted molar refractivity (Wildman–Crippen MR) is 146 cm³/mol. The molecular formula is C31H32N2O4. The van der Waals surface area contributed by atoms with E-state index in [1.165, 1.54) is 0 Å². The van der Waals surface area contributed by atoms with Crippen molar-refractivity contribution in [1.82, 2.24) is 4.90 Å². The summed E-state index contributed by atoms with van der Waals surface area (Å²) in [5.41, 5.74) is 3.73. The van der Waals surface area contributed by atoms with E-state index in [2.05, 4.69) is 5.32 Å². The van der Waals surface area contributed by atoms with Gasteiger partial charge in [-0.25, -0.2) is 4.79 Å². The van der Waals surface area contributed by atoms with E-state index in [0.29, 0.717) is 30.3 Å². The number of carbonyl (C=O) groups is 1. The Labute approximate surface area is 218 Å². The molecule has 1 N–H and O–H groups in total. The Morgan fingerprint density at radius 3 is 2.11 bits per heavy atom. The fourth-order valence-corrected chi connectivity index (χ4v) is 4.03.